The third kappa shape index (κ3) is 3.99. The van der Waals surface area contributed by atoms with Crippen molar-refractivity contribution in [2.75, 3.05) is 13.2 Å². The van der Waals surface area contributed by atoms with Gasteiger partial charge in [-0.2, -0.15) is 0 Å². The van der Waals surface area contributed by atoms with Gasteiger partial charge in [0.2, 0.25) is 0 Å². The Morgan fingerprint density at radius 1 is 1.61 bits per heavy atom. The van der Waals surface area contributed by atoms with Crippen molar-refractivity contribution in [2.24, 2.45) is 0 Å². The molecule has 1 aromatic rings. The monoisotopic (exact) mass is 320 g/mol. The Morgan fingerprint density at radius 3 is 3.04 bits per heavy atom. The highest BCUT2D eigenvalue weighted by Crippen LogP contribution is 2.29. The minimum Gasteiger partial charge on any atom is -0.394 e. The van der Waals surface area contributed by atoms with Gasteiger partial charge >= 0.3 is 5.69 Å². The van der Waals surface area contributed by atoms with Crippen LogP contribution in [-0.4, -0.2) is 40.1 Å². The number of aliphatic hydroxyl groups excluding tert-OH is 1. The number of ether oxygens (including phenoxy) is 2. The zero-order chi connectivity index (χ0) is 16.8. The number of aliphatic hydroxyl groups is 1. The van der Waals surface area contributed by atoms with Crippen molar-refractivity contribution < 1.29 is 14.6 Å². The van der Waals surface area contributed by atoms with Gasteiger partial charge in [-0.3, -0.25) is 14.3 Å². The molecule has 0 amide bonds. The summed E-state index contributed by atoms with van der Waals surface area (Å²) >= 11 is 0. The van der Waals surface area contributed by atoms with Crippen LogP contribution in [0, 0.1) is 11.8 Å². The van der Waals surface area contributed by atoms with Crippen molar-refractivity contribution in [2.45, 2.75) is 38.2 Å². The van der Waals surface area contributed by atoms with Crippen molar-refractivity contribution in [1.29, 1.82) is 0 Å². The molecule has 2 heterocycles. The summed E-state index contributed by atoms with van der Waals surface area (Å²) in [6.07, 6.45) is 2.45. The lowest BCUT2D eigenvalue weighted by atomic mass is 10.2. The molecule has 7 nitrogen and oxygen atoms in total. The minimum absolute atomic E-state index is 0.200. The standard InChI is InChI=1S/C16H20N2O5/c1-3-5-6-11-9-18(16(21)17-15(11)20)14-8-12(22-7-4-2)13(10-19)23-14/h4,9,12-14,19H,2-3,7-8,10H2,1H3,(H,17,20,21)/t12?,13-,14-/m1/s1. The van der Waals surface area contributed by atoms with Crippen LogP contribution >= 0.6 is 0 Å². The Hall–Kier alpha value is -2.14. The summed E-state index contributed by atoms with van der Waals surface area (Å²) in [6.45, 7) is 5.54. The van der Waals surface area contributed by atoms with Crippen LogP contribution in [-0.2, 0) is 9.47 Å². The van der Waals surface area contributed by atoms with E-state index < -0.39 is 23.6 Å². The smallest absolute Gasteiger partial charge is 0.330 e. The van der Waals surface area contributed by atoms with E-state index in [4.69, 9.17) is 9.47 Å². The molecule has 1 fully saturated rings. The fraction of sp³-hybridized carbons (Fsp3) is 0.500. The molecule has 0 aromatic carbocycles. The van der Waals surface area contributed by atoms with Crippen LogP contribution in [0.2, 0.25) is 0 Å². The number of hydrogen-bond acceptors (Lipinski definition) is 5. The van der Waals surface area contributed by atoms with Gasteiger partial charge in [0.1, 0.15) is 17.9 Å². The third-order valence-electron chi connectivity index (χ3n) is 3.47. The van der Waals surface area contributed by atoms with Crippen molar-refractivity contribution >= 4 is 0 Å². The van der Waals surface area contributed by atoms with E-state index >= 15 is 0 Å². The van der Waals surface area contributed by atoms with Crippen LogP contribution in [0.4, 0.5) is 0 Å². The number of nitrogens with one attached hydrogen (secondary N) is 1. The van der Waals surface area contributed by atoms with Crippen molar-refractivity contribution in [1.82, 2.24) is 9.55 Å². The molecule has 7 heteroatoms. The Morgan fingerprint density at radius 2 is 2.39 bits per heavy atom. The highest BCUT2D eigenvalue weighted by atomic mass is 16.6. The summed E-state index contributed by atoms with van der Waals surface area (Å²) in [5.74, 6) is 5.52. The molecule has 1 aliphatic heterocycles. The lowest BCUT2D eigenvalue weighted by Crippen LogP contribution is -2.33. The Balaban J connectivity index is 2.29. The molecule has 0 spiro atoms. The fourth-order valence-electron chi connectivity index (χ4n) is 2.37. The van der Waals surface area contributed by atoms with Gasteiger partial charge in [0.15, 0.2) is 0 Å². The maximum Gasteiger partial charge on any atom is 0.330 e. The third-order valence-corrected chi connectivity index (χ3v) is 3.47. The van der Waals surface area contributed by atoms with Crippen LogP contribution < -0.4 is 11.2 Å². The van der Waals surface area contributed by atoms with Crippen LogP contribution in [0.5, 0.6) is 0 Å². The molecule has 0 aliphatic carbocycles. The first kappa shape index (κ1) is 17.2. The highest BCUT2D eigenvalue weighted by Gasteiger charge is 2.37. The van der Waals surface area contributed by atoms with Crippen LogP contribution in [0.3, 0.4) is 0 Å². The first-order chi connectivity index (χ1) is 11.1. The highest BCUT2D eigenvalue weighted by molar-refractivity contribution is 5.29. The quantitative estimate of drug-likeness (QED) is 0.595. The predicted octanol–water partition coefficient (Wildman–Crippen LogP) is 0.149. The van der Waals surface area contributed by atoms with Gasteiger partial charge in [0, 0.05) is 19.0 Å². The number of nitrogens with zero attached hydrogens (tertiary/aromatic N) is 1. The van der Waals surface area contributed by atoms with E-state index in [0.717, 1.165) is 0 Å². The van der Waals surface area contributed by atoms with Crippen molar-refractivity contribution in [3.63, 3.8) is 0 Å². The van der Waals surface area contributed by atoms with Gasteiger partial charge < -0.3 is 14.6 Å². The maximum absolute atomic E-state index is 12.0. The van der Waals surface area contributed by atoms with Crippen molar-refractivity contribution in [3.8, 4) is 11.8 Å². The van der Waals surface area contributed by atoms with E-state index in [1.54, 1.807) is 6.08 Å². The molecule has 2 N–H and O–H groups in total. The molecule has 0 bridgehead atoms. The molecule has 1 aromatic heterocycles. The molecule has 23 heavy (non-hydrogen) atoms. The first-order valence-electron chi connectivity index (χ1n) is 7.43. The second-order valence-electron chi connectivity index (χ2n) is 5.07. The fourth-order valence-corrected chi connectivity index (χ4v) is 2.37. The summed E-state index contributed by atoms with van der Waals surface area (Å²) in [6, 6.07) is 0. The van der Waals surface area contributed by atoms with Gasteiger partial charge in [-0.15, -0.1) is 6.58 Å². The summed E-state index contributed by atoms with van der Waals surface area (Å²) in [5, 5.41) is 9.39. The van der Waals surface area contributed by atoms with E-state index in [0.29, 0.717) is 19.4 Å². The van der Waals surface area contributed by atoms with E-state index in [-0.39, 0.29) is 18.3 Å². The predicted molar refractivity (Wildman–Crippen MR) is 84.0 cm³/mol. The molecule has 3 atom stereocenters. The van der Waals surface area contributed by atoms with Crippen molar-refractivity contribution in [3.05, 3.63) is 45.3 Å². The second kappa shape index (κ2) is 7.92. The summed E-state index contributed by atoms with van der Waals surface area (Å²) in [4.78, 5) is 26.0. The Labute approximate surface area is 133 Å². The van der Waals surface area contributed by atoms with E-state index in [2.05, 4.69) is 23.4 Å². The second-order valence-corrected chi connectivity index (χ2v) is 5.07. The largest absolute Gasteiger partial charge is 0.394 e. The molecular weight excluding hydrogens is 300 g/mol. The Kier molecular flexibility index (Phi) is 5.93. The molecular formula is C16H20N2O5. The topological polar surface area (TPSA) is 93.6 Å². The van der Waals surface area contributed by atoms with Crippen LogP contribution in [0.25, 0.3) is 0 Å². The number of aromatic nitrogens is 2. The first-order valence-corrected chi connectivity index (χ1v) is 7.43. The average Bonchev–Trinajstić information content (AvgIpc) is 2.95. The minimum atomic E-state index is -0.631. The lowest BCUT2D eigenvalue weighted by Gasteiger charge is -2.15. The van der Waals surface area contributed by atoms with E-state index in [1.807, 2.05) is 6.92 Å². The lowest BCUT2D eigenvalue weighted by molar-refractivity contribution is -0.0582. The summed E-state index contributed by atoms with van der Waals surface area (Å²) in [7, 11) is 0. The maximum atomic E-state index is 12.0. The summed E-state index contributed by atoms with van der Waals surface area (Å²) in [5.41, 5.74) is -0.905. The van der Waals surface area contributed by atoms with Gasteiger partial charge in [-0.1, -0.05) is 24.8 Å². The molecule has 1 unspecified atom stereocenters. The van der Waals surface area contributed by atoms with E-state index in [9.17, 15) is 14.7 Å². The molecule has 1 aliphatic rings. The van der Waals surface area contributed by atoms with Gasteiger partial charge in [0.25, 0.3) is 5.56 Å². The molecule has 0 saturated carbocycles. The zero-order valence-electron chi connectivity index (χ0n) is 12.9. The molecule has 0 radical (unpaired) electrons. The molecule has 124 valence electrons. The van der Waals surface area contributed by atoms with E-state index in [1.165, 1.54) is 10.8 Å². The van der Waals surface area contributed by atoms with Gasteiger partial charge in [-0.25, -0.2) is 4.79 Å². The van der Waals surface area contributed by atoms with Gasteiger partial charge in [-0.05, 0) is 0 Å². The number of H-pyrrole nitrogens is 1. The zero-order valence-corrected chi connectivity index (χ0v) is 12.9. The summed E-state index contributed by atoms with van der Waals surface area (Å²) < 4.78 is 12.5. The normalized spacial score (nSPS) is 23.3. The number of aromatic amines is 1. The Bertz CT molecular complexity index is 724. The molecule has 1 saturated heterocycles. The number of hydrogen-bond donors (Lipinski definition) is 2. The molecule has 2 rings (SSSR count). The van der Waals surface area contributed by atoms with Crippen LogP contribution in [0.15, 0.2) is 28.4 Å². The average molecular weight is 320 g/mol. The SMILES string of the molecule is C=CCOC1C[C@H](n2cc(C#CCC)c(=O)[nH]c2=O)O[C@@H]1CO. The number of rotatable bonds is 5. The van der Waals surface area contributed by atoms with Gasteiger partial charge in [0.05, 0.1) is 19.3 Å². The van der Waals surface area contributed by atoms with Crippen LogP contribution in [0.1, 0.15) is 31.6 Å².